The Balaban J connectivity index is 1.78. The van der Waals surface area contributed by atoms with E-state index in [-0.39, 0.29) is 5.91 Å². The fourth-order valence-corrected chi connectivity index (χ4v) is 2.04. The van der Waals surface area contributed by atoms with Crippen molar-refractivity contribution in [3.8, 4) is 0 Å². The topological polar surface area (TPSA) is 67.2 Å². The summed E-state index contributed by atoms with van der Waals surface area (Å²) in [7, 11) is 1.83. The second-order valence-corrected chi connectivity index (χ2v) is 4.24. The predicted octanol–water partition coefficient (Wildman–Crippen LogP) is 1.75. The van der Waals surface area contributed by atoms with E-state index in [1.807, 2.05) is 12.4 Å². The van der Waals surface area contributed by atoms with E-state index >= 15 is 0 Å². The molecule has 0 saturated heterocycles. The Kier molecular flexibility index (Phi) is 3.77. The molecule has 0 fully saturated rings. The summed E-state index contributed by atoms with van der Waals surface area (Å²) in [6.07, 6.45) is 2.19. The van der Waals surface area contributed by atoms with Gasteiger partial charge < -0.3 is 15.1 Å². The Morgan fingerprint density at radius 1 is 1.59 bits per heavy atom. The molecule has 6 heteroatoms. The molecule has 0 bridgehead atoms. The number of furan rings is 1. The van der Waals surface area contributed by atoms with Crippen molar-refractivity contribution in [2.45, 2.75) is 6.42 Å². The second-order valence-electron chi connectivity index (χ2n) is 3.38. The highest BCUT2D eigenvalue weighted by atomic mass is 32.1. The van der Waals surface area contributed by atoms with Gasteiger partial charge in [-0.15, -0.1) is 11.3 Å². The van der Waals surface area contributed by atoms with E-state index in [1.165, 1.54) is 6.26 Å². The maximum absolute atomic E-state index is 11.5. The van der Waals surface area contributed by atoms with E-state index < -0.39 is 0 Å². The van der Waals surface area contributed by atoms with Crippen LogP contribution < -0.4 is 10.6 Å². The summed E-state index contributed by atoms with van der Waals surface area (Å²) in [4.78, 5) is 15.8. The number of hydrogen-bond donors (Lipinski definition) is 2. The number of nitrogens with zero attached hydrogens (tertiary/aromatic N) is 1. The van der Waals surface area contributed by atoms with Crippen LogP contribution in [0, 0.1) is 0 Å². The lowest BCUT2D eigenvalue weighted by Crippen LogP contribution is -2.25. The largest absolute Gasteiger partial charge is 0.459 e. The summed E-state index contributed by atoms with van der Waals surface area (Å²) in [6.45, 7) is 0.548. The van der Waals surface area contributed by atoms with Gasteiger partial charge in [-0.2, -0.15) is 0 Å². The highest BCUT2D eigenvalue weighted by molar-refractivity contribution is 7.13. The molecule has 0 aliphatic heterocycles. The van der Waals surface area contributed by atoms with E-state index in [2.05, 4.69) is 15.6 Å². The van der Waals surface area contributed by atoms with Crippen molar-refractivity contribution < 1.29 is 9.21 Å². The molecule has 90 valence electrons. The number of aromatic nitrogens is 1. The van der Waals surface area contributed by atoms with Crippen LogP contribution in [0.4, 0.5) is 5.13 Å². The van der Waals surface area contributed by atoms with Crippen LogP contribution in [0.5, 0.6) is 0 Å². The number of amides is 1. The van der Waals surface area contributed by atoms with Crippen molar-refractivity contribution >= 4 is 22.4 Å². The van der Waals surface area contributed by atoms with E-state index in [1.54, 1.807) is 23.5 Å². The molecule has 2 N–H and O–H groups in total. The van der Waals surface area contributed by atoms with Gasteiger partial charge in [0, 0.05) is 25.4 Å². The number of carbonyl (C=O) groups excluding carboxylic acids is 1. The number of anilines is 1. The minimum atomic E-state index is -0.195. The van der Waals surface area contributed by atoms with Crippen LogP contribution in [0.25, 0.3) is 0 Å². The molecule has 2 aromatic heterocycles. The SMILES string of the molecule is CNc1nc(CCNC(=O)c2ccco2)cs1. The molecule has 0 atom stereocenters. The second kappa shape index (κ2) is 5.49. The zero-order valence-corrected chi connectivity index (χ0v) is 10.2. The Bertz CT molecular complexity index is 479. The van der Waals surface area contributed by atoms with Gasteiger partial charge in [0.2, 0.25) is 0 Å². The quantitative estimate of drug-likeness (QED) is 0.849. The summed E-state index contributed by atoms with van der Waals surface area (Å²) in [5.41, 5.74) is 0.971. The minimum absolute atomic E-state index is 0.195. The number of carbonyl (C=O) groups is 1. The van der Waals surface area contributed by atoms with Gasteiger partial charge in [0.05, 0.1) is 12.0 Å². The maximum atomic E-state index is 11.5. The third-order valence-electron chi connectivity index (χ3n) is 2.18. The van der Waals surface area contributed by atoms with Crippen LogP contribution in [-0.4, -0.2) is 24.5 Å². The van der Waals surface area contributed by atoms with Crippen molar-refractivity contribution in [1.29, 1.82) is 0 Å². The van der Waals surface area contributed by atoms with Gasteiger partial charge in [0.15, 0.2) is 10.9 Å². The molecule has 1 amide bonds. The molecule has 0 saturated carbocycles. The zero-order valence-electron chi connectivity index (χ0n) is 9.40. The molecule has 0 unspecified atom stereocenters. The summed E-state index contributed by atoms with van der Waals surface area (Å²) in [6, 6.07) is 3.33. The zero-order chi connectivity index (χ0) is 12.1. The molecule has 0 radical (unpaired) electrons. The standard InChI is InChI=1S/C11H13N3O2S/c1-12-11-14-8(7-17-11)4-5-13-10(15)9-3-2-6-16-9/h2-3,6-7H,4-5H2,1H3,(H,12,14)(H,13,15). The van der Waals surface area contributed by atoms with Gasteiger partial charge in [-0.05, 0) is 12.1 Å². The van der Waals surface area contributed by atoms with Crippen molar-refractivity contribution in [2.75, 3.05) is 18.9 Å². The summed E-state index contributed by atoms with van der Waals surface area (Å²) in [5.74, 6) is 0.137. The van der Waals surface area contributed by atoms with Gasteiger partial charge in [-0.3, -0.25) is 4.79 Å². The fourth-order valence-electron chi connectivity index (χ4n) is 1.34. The molecular weight excluding hydrogens is 238 g/mol. The lowest BCUT2D eigenvalue weighted by atomic mass is 10.3. The smallest absolute Gasteiger partial charge is 0.286 e. The minimum Gasteiger partial charge on any atom is -0.459 e. The van der Waals surface area contributed by atoms with Crippen molar-refractivity contribution in [3.63, 3.8) is 0 Å². The normalized spacial score (nSPS) is 10.2. The summed E-state index contributed by atoms with van der Waals surface area (Å²) in [5, 5.41) is 8.61. The summed E-state index contributed by atoms with van der Waals surface area (Å²) >= 11 is 1.55. The van der Waals surface area contributed by atoms with Crippen LogP contribution in [0.1, 0.15) is 16.2 Å². The number of hydrogen-bond acceptors (Lipinski definition) is 5. The predicted molar refractivity (Wildman–Crippen MR) is 66.4 cm³/mol. The van der Waals surface area contributed by atoms with Gasteiger partial charge in [0.1, 0.15) is 0 Å². The van der Waals surface area contributed by atoms with Crippen molar-refractivity contribution in [3.05, 3.63) is 35.2 Å². The molecule has 0 aliphatic carbocycles. The molecule has 0 spiro atoms. The molecular formula is C11H13N3O2S. The maximum Gasteiger partial charge on any atom is 0.286 e. The fraction of sp³-hybridized carbons (Fsp3) is 0.273. The van der Waals surface area contributed by atoms with Gasteiger partial charge in [-0.1, -0.05) is 0 Å². The lowest BCUT2D eigenvalue weighted by Gasteiger charge is -2.00. The van der Waals surface area contributed by atoms with Gasteiger partial charge in [0.25, 0.3) is 5.91 Å². The first-order chi connectivity index (χ1) is 8.29. The third kappa shape index (κ3) is 3.07. The van der Waals surface area contributed by atoms with Crippen LogP contribution in [0.15, 0.2) is 28.2 Å². The first-order valence-electron chi connectivity index (χ1n) is 5.23. The van der Waals surface area contributed by atoms with E-state index in [0.717, 1.165) is 10.8 Å². The average molecular weight is 251 g/mol. The van der Waals surface area contributed by atoms with Crippen molar-refractivity contribution in [1.82, 2.24) is 10.3 Å². The van der Waals surface area contributed by atoms with Gasteiger partial charge >= 0.3 is 0 Å². The monoisotopic (exact) mass is 251 g/mol. The third-order valence-corrected chi connectivity index (χ3v) is 3.09. The van der Waals surface area contributed by atoms with Crippen LogP contribution in [0.3, 0.4) is 0 Å². The first-order valence-corrected chi connectivity index (χ1v) is 6.11. The molecule has 0 aromatic carbocycles. The highest BCUT2D eigenvalue weighted by Crippen LogP contribution is 2.14. The van der Waals surface area contributed by atoms with Crippen LogP contribution in [0.2, 0.25) is 0 Å². The Hall–Kier alpha value is -1.82. The van der Waals surface area contributed by atoms with Crippen molar-refractivity contribution in [2.24, 2.45) is 0 Å². The molecule has 17 heavy (non-hydrogen) atoms. The number of thiazole rings is 1. The van der Waals surface area contributed by atoms with Crippen LogP contribution in [-0.2, 0) is 6.42 Å². The van der Waals surface area contributed by atoms with Crippen LogP contribution >= 0.6 is 11.3 Å². The molecule has 2 aromatic rings. The number of rotatable bonds is 5. The number of nitrogens with one attached hydrogen (secondary N) is 2. The average Bonchev–Trinajstić information content (AvgIpc) is 3.00. The molecule has 2 rings (SSSR count). The molecule has 5 nitrogen and oxygen atoms in total. The first kappa shape index (κ1) is 11.7. The lowest BCUT2D eigenvalue weighted by molar-refractivity contribution is 0.0926. The Morgan fingerprint density at radius 2 is 2.47 bits per heavy atom. The van der Waals surface area contributed by atoms with E-state index in [4.69, 9.17) is 4.42 Å². The highest BCUT2D eigenvalue weighted by Gasteiger charge is 2.07. The summed E-state index contributed by atoms with van der Waals surface area (Å²) < 4.78 is 4.98. The van der Waals surface area contributed by atoms with Gasteiger partial charge in [-0.25, -0.2) is 4.98 Å². The Morgan fingerprint density at radius 3 is 3.12 bits per heavy atom. The van der Waals surface area contributed by atoms with E-state index in [0.29, 0.717) is 18.7 Å². The Labute approximate surface area is 103 Å². The molecule has 2 heterocycles. The molecule has 0 aliphatic rings. The van der Waals surface area contributed by atoms with E-state index in [9.17, 15) is 4.79 Å².